The largest absolute Gasteiger partial charge is 0.453 e. The van der Waals surface area contributed by atoms with Gasteiger partial charge in [-0.15, -0.1) is 11.3 Å². The van der Waals surface area contributed by atoms with Crippen molar-refractivity contribution in [2.75, 3.05) is 6.61 Å². The first-order valence-electron chi connectivity index (χ1n) is 5.88. The Balaban J connectivity index is 2.02. The molecule has 2 aromatic rings. The molecule has 6 heteroatoms. The Morgan fingerprint density at radius 3 is 2.60 bits per heavy atom. The summed E-state index contributed by atoms with van der Waals surface area (Å²) in [5, 5.41) is 0.798. The summed E-state index contributed by atoms with van der Waals surface area (Å²) in [5.41, 5.74) is 1.13. The molecule has 1 aromatic heterocycles. The summed E-state index contributed by atoms with van der Waals surface area (Å²) < 4.78 is 5.74. The Labute approximate surface area is 128 Å². The second-order valence-electron chi connectivity index (χ2n) is 4.13. The van der Waals surface area contributed by atoms with Crippen molar-refractivity contribution >= 4 is 39.0 Å². The lowest BCUT2D eigenvalue weighted by Crippen LogP contribution is -2.14. The molecule has 0 saturated heterocycles. The molecular weight excluding hydrogens is 342 g/mol. The van der Waals surface area contributed by atoms with Gasteiger partial charge in [-0.2, -0.15) is 0 Å². The third-order valence-corrected chi connectivity index (χ3v) is 4.34. The number of halogens is 1. The quantitative estimate of drug-likeness (QED) is 0.622. The number of nitrogens with zero attached hydrogens (tertiary/aromatic N) is 1. The summed E-state index contributed by atoms with van der Waals surface area (Å²) in [5.74, 6) is -0.752. The third kappa shape index (κ3) is 3.32. The van der Waals surface area contributed by atoms with Crippen molar-refractivity contribution < 1.29 is 14.3 Å². The second-order valence-corrected chi connectivity index (χ2v) is 6.18. The van der Waals surface area contributed by atoms with Crippen molar-refractivity contribution in [1.29, 1.82) is 0 Å². The number of aromatic nitrogens is 1. The highest BCUT2D eigenvalue weighted by Crippen LogP contribution is 2.19. The fourth-order valence-corrected chi connectivity index (χ4v) is 3.00. The lowest BCUT2D eigenvalue weighted by atomic mass is 10.1. The van der Waals surface area contributed by atoms with E-state index in [1.165, 1.54) is 11.3 Å². The van der Waals surface area contributed by atoms with Crippen molar-refractivity contribution in [1.82, 2.24) is 4.98 Å². The van der Waals surface area contributed by atoms with Gasteiger partial charge in [-0.05, 0) is 19.9 Å². The molecule has 0 radical (unpaired) electrons. The second kappa shape index (κ2) is 6.28. The molecule has 0 bridgehead atoms. The third-order valence-electron chi connectivity index (χ3n) is 2.60. The molecule has 0 fully saturated rings. The Hall–Kier alpha value is -1.53. The zero-order valence-electron chi connectivity index (χ0n) is 11.0. The van der Waals surface area contributed by atoms with Gasteiger partial charge in [0.05, 0.1) is 10.7 Å². The van der Waals surface area contributed by atoms with Crippen molar-refractivity contribution in [3.63, 3.8) is 0 Å². The number of esters is 1. The van der Waals surface area contributed by atoms with Crippen LogP contribution in [0.5, 0.6) is 0 Å². The smallest absolute Gasteiger partial charge is 0.350 e. The first-order valence-corrected chi connectivity index (χ1v) is 7.49. The summed E-state index contributed by atoms with van der Waals surface area (Å²) in [7, 11) is 0. The highest BCUT2D eigenvalue weighted by molar-refractivity contribution is 9.10. The molecule has 0 amide bonds. The van der Waals surface area contributed by atoms with Gasteiger partial charge in [-0.25, -0.2) is 9.78 Å². The highest BCUT2D eigenvalue weighted by atomic mass is 79.9. The van der Waals surface area contributed by atoms with E-state index in [0.717, 1.165) is 5.01 Å². The Kier molecular flexibility index (Phi) is 4.67. The van der Waals surface area contributed by atoms with E-state index in [-0.39, 0.29) is 12.4 Å². The van der Waals surface area contributed by atoms with E-state index in [0.29, 0.717) is 20.6 Å². The number of carbonyl (C=O) groups is 2. The molecule has 0 aliphatic carbocycles. The van der Waals surface area contributed by atoms with Crippen molar-refractivity contribution in [2.45, 2.75) is 13.8 Å². The van der Waals surface area contributed by atoms with Crippen LogP contribution in [0.15, 0.2) is 28.7 Å². The van der Waals surface area contributed by atoms with Gasteiger partial charge in [0, 0.05) is 10.0 Å². The average molecular weight is 354 g/mol. The number of hydrogen-bond donors (Lipinski definition) is 0. The number of thiazole rings is 1. The number of benzene rings is 1. The SMILES string of the molecule is Cc1nc(C)c(C(=O)OCC(=O)c2ccccc2Br)s1. The average Bonchev–Trinajstić information content (AvgIpc) is 2.75. The van der Waals surface area contributed by atoms with Crippen LogP contribution in [-0.4, -0.2) is 23.3 Å². The number of ether oxygens (including phenoxy) is 1. The highest BCUT2D eigenvalue weighted by Gasteiger charge is 2.17. The van der Waals surface area contributed by atoms with Gasteiger partial charge in [0.15, 0.2) is 6.61 Å². The van der Waals surface area contributed by atoms with E-state index in [4.69, 9.17) is 4.74 Å². The number of ketones is 1. The first kappa shape index (κ1) is 14.9. The van der Waals surface area contributed by atoms with Gasteiger partial charge < -0.3 is 4.74 Å². The van der Waals surface area contributed by atoms with Gasteiger partial charge in [0.1, 0.15) is 4.88 Å². The molecule has 104 valence electrons. The van der Waals surface area contributed by atoms with E-state index < -0.39 is 5.97 Å². The molecule has 0 atom stereocenters. The number of rotatable bonds is 4. The maximum absolute atomic E-state index is 12.0. The number of hydrogen-bond acceptors (Lipinski definition) is 5. The molecular formula is C14H12BrNO3S. The zero-order valence-corrected chi connectivity index (χ0v) is 13.4. The van der Waals surface area contributed by atoms with Gasteiger partial charge in [-0.3, -0.25) is 4.79 Å². The fourth-order valence-electron chi connectivity index (χ4n) is 1.68. The molecule has 0 spiro atoms. The minimum atomic E-state index is -0.506. The van der Waals surface area contributed by atoms with Crippen LogP contribution in [0.3, 0.4) is 0 Å². The van der Waals surface area contributed by atoms with E-state index in [9.17, 15) is 9.59 Å². The summed E-state index contributed by atoms with van der Waals surface area (Å²) >= 11 is 4.56. The maximum Gasteiger partial charge on any atom is 0.350 e. The number of Topliss-reactive ketones (excluding diaryl/α,β-unsaturated/α-hetero) is 1. The van der Waals surface area contributed by atoms with Crippen LogP contribution in [0.1, 0.15) is 30.7 Å². The van der Waals surface area contributed by atoms with Crippen LogP contribution in [0.2, 0.25) is 0 Å². The fraction of sp³-hybridized carbons (Fsp3) is 0.214. The van der Waals surface area contributed by atoms with E-state index in [1.807, 2.05) is 13.0 Å². The van der Waals surface area contributed by atoms with Crippen molar-refractivity contribution in [3.05, 3.63) is 49.9 Å². The van der Waals surface area contributed by atoms with E-state index >= 15 is 0 Å². The maximum atomic E-state index is 12.0. The first-order chi connectivity index (χ1) is 9.49. The van der Waals surface area contributed by atoms with Crippen LogP contribution in [0, 0.1) is 13.8 Å². The normalized spacial score (nSPS) is 10.3. The predicted molar refractivity (Wildman–Crippen MR) is 80.3 cm³/mol. The van der Waals surface area contributed by atoms with Crippen molar-refractivity contribution in [2.24, 2.45) is 0 Å². The standard InChI is InChI=1S/C14H12BrNO3S/c1-8-13(20-9(2)16-8)14(18)19-7-12(17)10-5-3-4-6-11(10)15/h3-6H,7H2,1-2H3. The molecule has 0 saturated carbocycles. The van der Waals surface area contributed by atoms with Crippen LogP contribution in [0.4, 0.5) is 0 Å². The molecule has 4 nitrogen and oxygen atoms in total. The Bertz CT molecular complexity index is 666. The molecule has 0 N–H and O–H groups in total. The van der Waals surface area contributed by atoms with Crippen LogP contribution in [0.25, 0.3) is 0 Å². The number of aryl methyl sites for hydroxylation is 2. The van der Waals surface area contributed by atoms with Crippen molar-refractivity contribution in [3.8, 4) is 0 Å². The summed E-state index contributed by atoms with van der Waals surface area (Å²) in [4.78, 5) is 28.5. The Morgan fingerprint density at radius 2 is 2.00 bits per heavy atom. The molecule has 0 aliphatic rings. The van der Waals surface area contributed by atoms with Crippen LogP contribution >= 0.6 is 27.3 Å². The monoisotopic (exact) mass is 353 g/mol. The van der Waals surface area contributed by atoms with Gasteiger partial charge in [0.25, 0.3) is 0 Å². The molecule has 2 rings (SSSR count). The van der Waals surface area contributed by atoms with Gasteiger partial charge in [-0.1, -0.05) is 34.1 Å². The molecule has 1 heterocycles. The summed E-state index contributed by atoms with van der Waals surface area (Å²) in [6.07, 6.45) is 0. The molecule has 20 heavy (non-hydrogen) atoms. The van der Waals surface area contributed by atoms with Crippen LogP contribution < -0.4 is 0 Å². The molecule has 1 aromatic carbocycles. The zero-order chi connectivity index (χ0) is 14.7. The van der Waals surface area contributed by atoms with E-state index in [1.54, 1.807) is 25.1 Å². The Morgan fingerprint density at radius 1 is 1.30 bits per heavy atom. The van der Waals surface area contributed by atoms with Crippen LogP contribution in [-0.2, 0) is 4.74 Å². The lowest BCUT2D eigenvalue weighted by molar-refractivity contribution is 0.0478. The molecule has 0 aliphatic heterocycles. The lowest BCUT2D eigenvalue weighted by Gasteiger charge is -2.05. The minimum Gasteiger partial charge on any atom is -0.453 e. The topological polar surface area (TPSA) is 56.3 Å². The van der Waals surface area contributed by atoms with Gasteiger partial charge in [0.2, 0.25) is 5.78 Å². The molecule has 0 unspecified atom stereocenters. The summed E-state index contributed by atoms with van der Waals surface area (Å²) in [6.45, 7) is 3.29. The predicted octanol–water partition coefficient (Wildman–Crippen LogP) is 3.56. The minimum absolute atomic E-state index is 0.246. The summed E-state index contributed by atoms with van der Waals surface area (Å²) in [6, 6.07) is 7.03. The van der Waals surface area contributed by atoms with Gasteiger partial charge >= 0.3 is 5.97 Å². The number of carbonyl (C=O) groups excluding carboxylic acids is 2. The van der Waals surface area contributed by atoms with E-state index in [2.05, 4.69) is 20.9 Å².